The number of aromatic nitrogens is 2. The van der Waals surface area contributed by atoms with Crippen molar-refractivity contribution in [1.82, 2.24) is 9.55 Å². The number of para-hydroxylation sites is 2. The van der Waals surface area contributed by atoms with E-state index in [0.717, 1.165) is 15.9 Å². The molecule has 0 unspecified atom stereocenters. The number of benzene rings is 3. The number of rotatable bonds is 1. The summed E-state index contributed by atoms with van der Waals surface area (Å²) in [5.74, 6) is 0. The van der Waals surface area contributed by atoms with Crippen molar-refractivity contribution in [3.05, 3.63) is 66.2 Å². The maximum Gasteiger partial charge on any atom is 0.181 e. The molecule has 2 heterocycles. The SMILES string of the molecule is CC(C)(C)c1ccc2sc(N)nc2c1-n1c2ccccc2c2ccccc21. The third-order valence-corrected chi connectivity index (χ3v) is 6.01. The van der Waals surface area contributed by atoms with Crippen LogP contribution in [-0.2, 0) is 5.41 Å². The van der Waals surface area contributed by atoms with Crippen LogP contribution in [0.25, 0.3) is 37.7 Å². The molecule has 0 aliphatic carbocycles. The van der Waals surface area contributed by atoms with Gasteiger partial charge in [-0.25, -0.2) is 4.98 Å². The van der Waals surface area contributed by atoms with E-state index in [-0.39, 0.29) is 5.41 Å². The second kappa shape index (κ2) is 5.57. The molecule has 0 fully saturated rings. The average Bonchev–Trinajstić information content (AvgIpc) is 3.17. The van der Waals surface area contributed by atoms with Crippen molar-refractivity contribution in [1.29, 1.82) is 0 Å². The zero-order valence-corrected chi connectivity index (χ0v) is 16.5. The van der Waals surface area contributed by atoms with E-state index in [9.17, 15) is 0 Å². The molecular formula is C23H21N3S. The van der Waals surface area contributed by atoms with Gasteiger partial charge in [0.25, 0.3) is 0 Å². The lowest BCUT2D eigenvalue weighted by molar-refractivity contribution is 0.588. The predicted molar refractivity (Wildman–Crippen MR) is 117 cm³/mol. The van der Waals surface area contributed by atoms with E-state index in [2.05, 4.69) is 86.0 Å². The zero-order valence-electron chi connectivity index (χ0n) is 15.7. The maximum absolute atomic E-state index is 6.10. The highest BCUT2D eigenvalue weighted by Crippen LogP contribution is 2.41. The van der Waals surface area contributed by atoms with E-state index in [1.165, 1.54) is 27.4 Å². The first-order valence-electron chi connectivity index (χ1n) is 9.13. The van der Waals surface area contributed by atoms with Gasteiger partial charge < -0.3 is 10.3 Å². The Morgan fingerprint density at radius 2 is 1.44 bits per heavy atom. The molecule has 0 radical (unpaired) electrons. The lowest BCUT2D eigenvalue weighted by Gasteiger charge is -2.24. The van der Waals surface area contributed by atoms with Crippen molar-refractivity contribution >= 4 is 48.5 Å². The Kier molecular flexibility index (Phi) is 3.37. The predicted octanol–water partition coefficient (Wildman–Crippen LogP) is 6.27. The van der Waals surface area contributed by atoms with E-state index in [4.69, 9.17) is 10.7 Å². The molecule has 2 N–H and O–H groups in total. The molecule has 0 atom stereocenters. The second-order valence-electron chi connectivity index (χ2n) is 7.98. The lowest BCUT2D eigenvalue weighted by Crippen LogP contribution is -2.15. The highest BCUT2D eigenvalue weighted by Gasteiger charge is 2.25. The summed E-state index contributed by atoms with van der Waals surface area (Å²) in [5.41, 5.74) is 11.9. The maximum atomic E-state index is 6.10. The number of fused-ring (bicyclic) bond motifs is 4. The van der Waals surface area contributed by atoms with E-state index in [1.807, 2.05) is 0 Å². The largest absolute Gasteiger partial charge is 0.375 e. The molecule has 4 heteroatoms. The van der Waals surface area contributed by atoms with Gasteiger partial charge in [0.1, 0.15) is 5.52 Å². The Balaban J connectivity index is 2.05. The molecule has 0 aliphatic rings. The number of hydrogen-bond donors (Lipinski definition) is 1. The quantitative estimate of drug-likeness (QED) is 0.377. The minimum atomic E-state index is -0.0195. The number of nitrogen functional groups attached to an aromatic ring is 1. The summed E-state index contributed by atoms with van der Waals surface area (Å²) in [4.78, 5) is 4.73. The first kappa shape index (κ1) is 16.3. The number of nitrogens with two attached hydrogens (primary N) is 1. The molecule has 0 saturated heterocycles. The summed E-state index contributed by atoms with van der Waals surface area (Å²) in [6, 6.07) is 21.6. The van der Waals surface area contributed by atoms with E-state index < -0.39 is 0 Å². The fourth-order valence-corrected chi connectivity index (χ4v) is 4.73. The van der Waals surface area contributed by atoms with Crippen molar-refractivity contribution in [3.63, 3.8) is 0 Å². The number of anilines is 1. The van der Waals surface area contributed by atoms with Gasteiger partial charge in [-0.05, 0) is 29.2 Å². The number of nitrogens with zero attached hydrogens (tertiary/aromatic N) is 2. The topological polar surface area (TPSA) is 43.8 Å². The number of hydrogen-bond acceptors (Lipinski definition) is 3. The lowest BCUT2D eigenvalue weighted by atomic mass is 9.85. The highest BCUT2D eigenvalue weighted by molar-refractivity contribution is 7.22. The summed E-state index contributed by atoms with van der Waals surface area (Å²) in [7, 11) is 0. The van der Waals surface area contributed by atoms with Gasteiger partial charge in [0.2, 0.25) is 0 Å². The molecule has 0 bridgehead atoms. The molecule has 5 aromatic rings. The fraction of sp³-hybridized carbons (Fsp3) is 0.174. The van der Waals surface area contributed by atoms with Crippen LogP contribution in [0, 0.1) is 0 Å². The van der Waals surface area contributed by atoms with Crippen LogP contribution in [0.15, 0.2) is 60.7 Å². The van der Waals surface area contributed by atoms with Gasteiger partial charge in [-0.15, -0.1) is 0 Å². The molecule has 2 aromatic heterocycles. The third-order valence-electron chi connectivity index (χ3n) is 5.16. The Morgan fingerprint density at radius 3 is 2.04 bits per heavy atom. The van der Waals surface area contributed by atoms with Gasteiger partial charge in [-0.1, -0.05) is 74.6 Å². The molecule has 134 valence electrons. The molecule has 0 amide bonds. The Morgan fingerprint density at radius 1 is 0.852 bits per heavy atom. The minimum Gasteiger partial charge on any atom is -0.375 e. The molecule has 0 saturated carbocycles. The summed E-state index contributed by atoms with van der Waals surface area (Å²) < 4.78 is 3.49. The third kappa shape index (κ3) is 2.37. The fourth-order valence-electron chi connectivity index (χ4n) is 3.99. The summed E-state index contributed by atoms with van der Waals surface area (Å²) in [6.07, 6.45) is 0. The highest BCUT2D eigenvalue weighted by atomic mass is 32.1. The summed E-state index contributed by atoms with van der Waals surface area (Å²) in [6.45, 7) is 6.75. The molecule has 3 nitrogen and oxygen atoms in total. The first-order chi connectivity index (χ1) is 12.9. The van der Waals surface area contributed by atoms with Crippen LogP contribution in [0.2, 0.25) is 0 Å². The van der Waals surface area contributed by atoms with Crippen LogP contribution in [0.4, 0.5) is 5.13 Å². The van der Waals surface area contributed by atoms with Crippen molar-refractivity contribution in [2.24, 2.45) is 0 Å². The molecule has 27 heavy (non-hydrogen) atoms. The van der Waals surface area contributed by atoms with Crippen molar-refractivity contribution in [3.8, 4) is 5.69 Å². The smallest absolute Gasteiger partial charge is 0.181 e. The average molecular weight is 372 g/mol. The number of thiazole rings is 1. The van der Waals surface area contributed by atoms with Gasteiger partial charge >= 0.3 is 0 Å². The first-order valence-corrected chi connectivity index (χ1v) is 9.95. The summed E-state index contributed by atoms with van der Waals surface area (Å²) >= 11 is 1.55. The van der Waals surface area contributed by atoms with Crippen LogP contribution in [0.1, 0.15) is 26.3 Å². The van der Waals surface area contributed by atoms with Crippen LogP contribution < -0.4 is 5.73 Å². The Labute approximate surface area is 162 Å². The molecule has 5 rings (SSSR count). The van der Waals surface area contributed by atoms with Gasteiger partial charge in [0, 0.05) is 10.8 Å². The second-order valence-corrected chi connectivity index (χ2v) is 9.04. The minimum absolute atomic E-state index is 0.0195. The molecule has 0 aliphatic heterocycles. The van der Waals surface area contributed by atoms with Crippen LogP contribution >= 0.6 is 11.3 Å². The standard InChI is InChI=1S/C23H21N3S/c1-23(2,3)16-12-13-19-20(25-22(24)27-19)21(16)26-17-10-6-4-8-14(17)15-9-5-7-11-18(15)26/h4-13H,1-3H3,(H2,24,25). The van der Waals surface area contributed by atoms with Crippen LogP contribution in [0.5, 0.6) is 0 Å². The van der Waals surface area contributed by atoms with Crippen molar-refractivity contribution in [2.45, 2.75) is 26.2 Å². The van der Waals surface area contributed by atoms with Gasteiger partial charge in [0.05, 0.1) is 21.4 Å². The van der Waals surface area contributed by atoms with E-state index >= 15 is 0 Å². The van der Waals surface area contributed by atoms with E-state index in [1.54, 1.807) is 11.3 Å². The van der Waals surface area contributed by atoms with Gasteiger partial charge in [0.15, 0.2) is 5.13 Å². The molecule has 3 aromatic carbocycles. The Bertz CT molecular complexity index is 1270. The molecular weight excluding hydrogens is 350 g/mol. The van der Waals surface area contributed by atoms with Crippen molar-refractivity contribution in [2.75, 3.05) is 5.73 Å². The van der Waals surface area contributed by atoms with Gasteiger partial charge in [-0.3, -0.25) is 0 Å². The Hall–Kier alpha value is -2.85. The van der Waals surface area contributed by atoms with Crippen LogP contribution in [-0.4, -0.2) is 9.55 Å². The normalized spacial score (nSPS) is 12.4. The van der Waals surface area contributed by atoms with E-state index in [0.29, 0.717) is 5.13 Å². The van der Waals surface area contributed by atoms with Crippen molar-refractivity contribution < 1.29 is 0 Å². The zero-order chi connectivity index (χ0) is 18.8. The summed E-state index contributed by atoms with van der Waals surface area (Å²) in [5, 5.41) is 3.12. The monoisotopic (exact) mass is 371 g/mol. The van der Waals surface area contributed by atoms with Crippen LogP contribution in [0.3, 0.4) is 0 Å². The molecule has 0 spiro atoms. The van der Waals surface area contributed by atoms with Gasteiger partial charge in [-0.2, -0.15) is 0 Å².